The molecule has 1 aromatic rings. The van der Waals surface area contributed by atoms with Crippen molar-refractivity contribution in [2.75, 3.05) is 33.9 Å². The van der Waals surface area contributed by atoms with Crippen molar-refractivity contribution in [2.24, 2.45) is 5.41 Å². The molecule has 7 nitrogen and oxygen atoms in total. The Morgan fingerprint density at radius 3 is 2.52 bits per heavy atom. The largest absolute Gasteiger partial charge is 0.481 e. The molecule has 25 heavy (non-hydrogen) atoms. The highest BCUT2D eigenvalue weighted by Crippen LogP contribution is 2.35. The Kier molecular flexibility index (Phi) is 6.14. The average molecular weight is 348 g/mol. The molecule has 7 heteroatoms. The Morgan fingerprint density at radius 1 is 1.28 bits per heavy atom. The van der Waals surface area contributed by atoms with E-state index in [9.17, 15) is 19.5 Å². The number of amides is 2. The summed E-state index contributed by atoms with van der Waals surface area (Å²) in [5.41, 5.74) is 0.371. The number of rotatable bonds is 7. The Bertz CT molecular complexity index is 643. The van der Waals surface area contributed by atoms with Gasteiger partial charge in [0, 0.05) is 39.4 Å². The molecule has 0 aromatic heterocycles. The zero-order chi connectivity index (χ0) is 18.4. The molecule has 2 amide bonds. The number of carboxylic acid groups (broad SMARTS) is 1. The van der Waals surface area contributed by atoms with Gasteiger partial charge in [-0.05, 0) is 30.5 Å². The average Bonchev–Trinajstić information content (AvgIpc) is 3.06. The number of likely N-dealkylation sites (N-methyl/N-ethyl adjacent to an activating group) is 1. The van der Waals surface area contributed by atoms with E-state index in [0.717, 1.165) is 5.56 Å². The number of carboxylic acids is 1. The van der Waals surface area contributed by atoms with Crippen molar-refractivity contribution in [2.45, 2.75) is 19.3 Å². The van der Waals surface area contributed by atoms with Gasteiger partial charge < -0.3 is 20.1 Å². The second-order valence-electron chi connectivity index (χ2n) is 6.35. The van der Waals surface area contributed by atoms with Crippen LogP contribution in [0.1, 0.15) is 28.8 Å². The molecule has 0 radical (unpaired) electrons. The third kappa shape index (κ3) is 4.36. The van der Waals surface area contributed by atoms with Gasteiger partial charge in [-0.3, -0.25) is 14.4 Å². The molecule has 1 aliphatic rings. The minimum absolute atomic E-state index is 0.0944. The van der Waals surface area contributed by atoms with Crippen LogP contribution >= 0.6 is 0 Å². The first kappa shape index (κ1) is 18.9. The predicted octanol–water partition coefficient (Wildman–Crippen LogP) is 0.929. The number of hydrogen-bond donors (Lipinski definition) is 2. The molecular weight excluding hydrogens is 324 g/mol. The topological polar surface area (TPSA) is 95.9 Å². The first-order valence-corrected chi connectivity index (χ1v) is 8.23. The SMILES string of the molecule is CNC(=O)Cc1ccc(C(=O)N2CCC(CCOC)(C(=O)O)C2)cc1. The number of nitrogens with zero attached hydrogens (tertiary/aromatic N) is 1. The molecule has 1 atom stereocenters. The fourth-order valence-corrected chi connectivity index (χ4v) is 3.05. The molecule has 1 aliphatic heterocycles. The van der Waals surface area contributed by atoms with Crippen molar-refractivity contribution in [3.63, 3.8) is 0 Å². The zero-order valence-corrected chi connectivity index (χ0v) is 14.6. The van der Waals surface area contributed by atoms with E-state index in [1.165, 1.54) is 7.11 Å². The van der Waals surface area contributed by atoms with Gasteiger partial charge in [0.1, 0.15) is 0 Å². The second-order valence-corrected chi connectivity index (χ2v) is 6.35. The second kappa shape index (κ2) is 8.11. The van der Waals surface area contributed by atoms with Crippen molar-refractivity contribution >= 4 is 17.8 Å². The van der Waals surface area contributed by atoms with Crippen LogP contribution in [-0.2, 0) is 20.7 Å². The van der Waals surface area contributed by atoms with E-state index in [2.05, 4.69) is 5.32 Å². The summed E-state index contributed by atoms with van der Waals surface area (Å²) in [5.74, 6) is -1.17. The Labute approximate surface area is 147 Å². The third-order valence-electron chi connectivity index (χ3n) is 4.72. The summed E-state index contributed by atoms with van der Waals surface area (Å²) in [6.07, 6.45) is 1.06. The van der Waals surface area contributed by atoms with Gasteiger partial charge in [-0.1, -0.05) is 12.1 Å². The van der Waals surface area contributed by atoms with Crippen molar-refractivity contribution in [1.82, 2.24) is 10.2 Å². The summed E-state index contributed by atoms with van der Waals surface area (Å²) in [7, 11) is 3.11. The number of carbonyl (C=O) groups excluding carboxylic acids is 2. The highest BCUT2D eigenvalue weighted by atomic mass is 16.5. The first-order valence-electron chi connectivity index (χ1n) is 8.23. The van der Waals surface area contributed by atoms with E-state index in [0.29, 0.717) is 31.6 Å². The van der Waals surface area contributed by atoms with Crippen LogP contribution in [0.15, 0.2) is 24.3 Å². The summed E-state index contributed by atoms with van der Waals surface area (Å²) in [6.45, 7) is 0.946. The lowest BCUT2D eigenvalue weighted by atomic mass is 9.84. The van der Waals surface area contributed by atoms with Crippen LogP contribution in [0, 0.1) is 5.41 Å². The standard InChI is InChI=1S/C18H24N2O5/c1-19-15(21)11-13-3-5-14(6-4-13)16(22)20-9-7-18(12-20,17(23)24)8-10-25-2/h3-6H,7-12H2,1-2H3,(H,19,21)(H,23,24). The highest BCUT2D eigenvalue weighted by molar-refractivity contribution is 5.95. The molecule has 136 valence electrons. The van der Waals surface area contributed by atoms with E-state index < -0.39 is 11.4 Å². The zero-order valence-electron chi connectivity index (χ0n) is 14.6. The maximum absolute atomic E-state index is 12.6. The molecule has 1 aromatic carbocycles. The van der Waals surface area contributed by atoms with Crippen LogP contribution in [0.25, 0.3) is 0 Å². The monoisotopic (exact) mass is 348 g/mol. The summed E-state index contributed by atoms with van der Waals surface area (Å²) in [5, 5.41) is 12.1. The van der Waals surface area contributed by atoms with Crippen molar-refractivity contribution < 1.29 is 24.2 Å². The van der Waals surface area contributed by atoms with Crippen LogP contribution in [0.3, 0.4) is 0 Å². The quantitative estimate of drug-likeness (QED) is 0.764. The summed E-state index contributed by atoms with van der Waals surface area (Å²) in [4.78, 5) is 37.3. The molecular formula is C18H24N2O5. The van der Waals surface area contributed by atoms with Crippen LogP contribution < -0.4 is 5.32 Å². The number of aliphatic carboxylic acids is 1. The molecule has 1 saturated heterocycles. The Balaban J connectivity index is 2.06. The number of likely N-dealkylation sites (tertiary alicyclic amines) is 1. The highest BCUT2D eigenvalue weighted by Gasteiger charge is 2.45. The molecule has 0 aliphatic carbocycles. The third-order valence-corrected chi connectivity index (χ3v) is 4.72. The molecule has 0 saturated carbocycles. The maximum atomic E-state index is 12.6. The number of ether oxygens (including phenoxy) is 1. The van der Waals surface area contributed by atoms with Gasteiger partial charge in [-0.2, -0.15) is 0 Å². The molecule has 1 fully saturated rings. The van der Waals surface area contributed by atoms with Gasteiger partial charge in [0.2, 0.25) is 5.91 Å². The molecule has 1 unspecified atom stereocenters. The maximum Gasteiger partial charge on any atom is 0.311 e. The molecule has 2 rings (SSSR count). The Morgan fingerprint density at radius 2 is 1.96 bits per heavy atom. The fourth-order valence-electron chi connectivity index (χ4n) is 3.05. The lowest BCUT2D eigenvalue weighted by molar-refractivity contribution is -0.149. The molecule has 0 spiro atoms. The molecule has 2 N–H and O–H groups in total. The minimum Gasteiger partial charge on any atom is -0.481 e. The normalized spacial score (nSPS) is 19.7. The van der Waals surface area contributed by atoms with Gasteiger partial charge >= 0.3 is 5.97 Å². The first-order chi connectivity index (χ1) is 11.9. The van der Waals surface area contributed by atoms with Crippen LogP contribution in [-0.4, -0.2) is 61.6 Å². The number of nitrogens with one attached hydrogen (secondary N) is 1. The number of carbonyl (C=O) groups is 3. The van der Waals surface area contributed by atoms with Crippen molar-refractivity contribution in [3.8, 4) is 0 Å². The van der Waals surface area contributed by atoms with E-state index >= 15 is 0 Å². The lowest BCUT2D eigenvalue weighted by Gasteiger charge is -2.24. The van der Waals surface area contributed by atoms with Gasteiger partial charge in [-0.15, -0.1) is 0 Å². The van der Waals surface area contributed by atoms with Crippen LogP contribution in [0.2, 0.25) is 0 Å². The van der Waals surface area contributed by atoms with Crippen LogP contribution in [0.4, 0.5) is 0 Å². The lowest BCUT2D eigenvalue weighted by Crippen LogP contribution is -2.37. The van der Waals surface area contributed by atoms with E-state index in [1.807, 2.05) is 0 Å². The smallest absolute Gasteiger partial charge is 0.311 e. The fraction of sp³-hybridized carbons (Fsp3) is 0.500. The van der Waals surface area contributed by atoms with E-state index in [4.69, 9.17) is 4.74 Å². The molecule has 0 bridgehead atoms. The van der Waals surface area contributed by atoms with Crippen LogP contribution in [0.5, 0.6) is 0 Å². The summed E-state index contributed by atoms with van der Waals surface area (Å²) < 4.78 is 5.01. The van der Waals surface area contributed by atoms with E-state index in [1.54, 1.807) is 36.2 Å². The number of methoxy groups -OCH3 is 1. The van der Waals surface area contributed by atoms with E-state index in [-0.39, 0.29) is 24.8 Å². The predicted molar refractivity (Wildman–Crippen MR) is 91.3 cm³/mol. The minimum atomic E-state index is -0.940. The van der Waals surface area contributed by atoms with Gasteiger partial charge in [-0.25, -0.2) is 0 Å². The van der Waals surface area contributed by atoms with Gasteiger partial charge in [0.15, 0.2) is 0 Å². The number of benzene rings is 1. The Hall–Kier alpha value is -2.41. The summed E-state index contributed by atoms with van der Waals surface area (Å²) in [6, 6.07) is 6.84. The van der Waals surface area contributed by atoms with Gasteiger partial charge in [0.25, 0.3) is 5.91 Å². The van der Waals surface area contributed by atoms with Gasteiger partial charge in [0.05, 0.1) is 11.8 Å². The molecule has 1 heterocycles. The van der Waals surface area contributed by atoms with Crippen molar-refractivity contribution in [3.05, 3.63) is 35.4 Å². The number of hydrogen-bond acceptors (Lipinski definition) is 4. The summed E-state index contributed by atoms with van der Waals surface area (Å²) >= 11 is 0. The van der Waals surface area contributed by atoms with Crippen molar-refractivity contribution in [1.29, 1.82) is 0 Å².